The lowest BCUT2D eigenvalue weighted by molar-refractivity contribution is -0.117. The number of carbonyl (C=O) groups excluding carboxylic acids is 1. The van der Waals surface area contributed by atoms with Crippen molar-refractivity contribution in [2.75, 3.05) is 12.4 Å². The van der Waals surface area contributed by atoms with Crippen LogP contribution in [0.25, 0.3) is 0 Å². The van der Waals surface area contributed by atoms with E-state index in [1.807, 2.05) is 0 Å². The summed E-state index contributed by atoms with van der Waals surface area (Å²) in [5.74, 6) is -0.369. The minimum absolute atomic E-state index is 0. The molecule has 0 spiro atoms. The predicted octanol–water partition coefficient (Wildman–Crippen LogP) is 0.611. The van der Waals surface area contributed by atoms with E-state index in [9.17, 15) is 13.2 Å². The van der Waals surface area contributed by atoms with Gasteiger partial charge in [-0.15, -0.1) is 12.4 Å². The number of hydrogen-bond acceptors (Lipinski definition) is 4. The average molecular weight is 308 g/mol. The van der Waals surface area contributed by atoms with E-state index in [1.165, 1.54) is 13.1 Å². The summed E-state index contributed by atoms with van der Waals surface area (Å²) in [7, 11) is -2.20. The molecule has 0 bridgehead atoms. The Morgan fingerprint density at radius 3 is 2.42 bits per heavy atom. The predicted molar refractivity (Wildman–Crippen MR) is 77.0 cm³/mol. The van der Waals surface area contributed by atoms with E-state index in [4.69, 9.17) is 5.73 Å². The first kappa shape index (κ1) is 17.8. The number of anilines is 1. The van der Waals surface area contributed by atoms with Crippen LogP contribution in [0.4, 0.5) is 5.69 Å². The molecule has 1 unspecified atom stereocenters. The van der Waals surface area contributed by atoms with Gasteiger partial charge in [-0.25, -0.2) is 13.1 Å². The smallest absolute Gasteiger partial charge is 0.240 e. The van der Waals surface area contributed by atoms with Gasteiger partial charge in [-0.1, -0.05) is 6.07 Å². The van der Waals surface area contributed by atoms with Gasteiger partial charge in [0.2, 0.25) is 15.9 Å². The molecule has 0 fully saturated rings. The van der Waals surface area contributed by atoms with Crippen molar-refractivity contribution < 1.29 is 13.2 Å². The molecule has 1 amide bonds. The third kappa shape index (κ3) is 4.46. The number of hydrogen-bond donors (Lipinski definition) is 3. The fourth-order valence-electron chi connectivity index (χ4n) is 1.33. The topological polar surface area (TPSA) is 101 Å². The quantitative estimate of drug-likeness (QED) is 0.758. The van der Waals surface area contributed by atoms with E-state index in [2.05, 4.69) is 10.0 Å². The van der Waals surface area contributed by atoms with E-state index in [-0.39, 0.29) is 23.2 Å². The van der Waals surface area contributed by atoms with Crippen molar-refractivity contribution in [1.82, 2.24) is 4.72 Å². The van der Waals surface area contributed by atoms with Gasteiger partial charge in [0.1, 0.15) is 0 Å². The molecule has 0 radical (unpaired) electrons. The second-order valence-corrected chi connectivity index (χ2v) is 5.82. The summed E-state index contributed by atoms with van der Waals surface area (Å²) < 4.78 is 25.7. The van der Waals surface area contributed by atoms with Gasteiger partial charge in [-0.05, 0) is 38.6 Å². The van der Waals surface area contributed by atoms with Gasteiger partial charge >= 0.3 is 0 Å². The average Bonchev–Trinajstić information content (AvgIpc) is 2.31. The standard InChI is InChI=1S/C11H17N3O3S.ClH/c1-7-4-5-9(14-11(15)8(2)12)6-10(7)18(16,17)13-3;/h4-6,8,13H,12H2,1-3H3,(H,14,15);1H. The molecule has 8 heteroatoms. The van der Waals surface area contributed by atoms with Crippen molar-refractivity contribution in [3.8, 4) is 0 Å². The molecule has 108 valence electrons. The summed E-state index contributed by atoms with van der Waals surface area (Å²) in [6.07, 6.45) is 0. The lowest BCUT2D eigenvalue weighted by atomic mass is 10.2. The second kappa shape index (κ2) is 6.85. The molecule has 1 aromatic rings. The van der Waals surface area contributed by atoms with Crippen molar-refractivity contribution in [3.05, 3.63) is 23.8 Å². The van der Waals surface area contributed by atoms with Crippen LogP contribution < -0.4 is 15.8 Å². The van der Waals surface area contributed by atoms with Crippen LogP contribution in [0.3, 0.4) is 0 Å². The number of benzene rings is 1. The van der Waals surface area contributed by atoms with Gasteiger partial charge in [-0.3, -0.25) is 4.79 Å². The van der Waals surface area contributed by atoms with Crippen LogP contribution in [-0.4, -0.2) is 27.4 Å². The van der Waals surface area contributed by atoms with Crippen molar-refractivity contribution >= 4 is 34.0 Å². The maximum Gasteiger partial charge on any atom is 0.240 e. The van der Waals surface area contributed by atoms with Crippen LogP contribution in [0, 0.1) is 6.92 Å². The number of halogens is 1. The van der Waals surface area contributed by atoms with Gasteiger partial charge in [0, 0.05) is 5.69 Å². The Bertz CT molecular complexity index is 558. The SMILES string of the molecule is CNS(=O)(=O)c1cc(NC(=O)C(C)N)ccc1C.Cl. The monoisotopic (exact) mass is 307 g/mol. The molecule has 1 atom stereocenters. The Hall–Kier alpha value is -1.15. The number of rotatable bonds is 4. The molecule has 0 aliphatic carbocycles. The first-order chi connectivity index (χ1) is 8.27. The van der Waals surface area contributed by atoms with Crippen LogP contribution in [0.1, 0.15) is 12.5 Å². The number of sulfonamides is 1. The van der Waals surface area contributed by atoms with Crippen LogP contribution in [-0.2, 0) is 14.8 Å². The number of carbonyl (C=O) groups is 1. The first-order valence-corrected chi connectivity index (χ1v) is 6.87. The molecule has 6 nitrogen and oxygen atoms in total. The van der Waals surface area contributed by atoms with Crippen LogP contribution in [0.5, 0.6) is 0 Å². The normalized spacial score (nSPS) is 12.4. The summed E-state index contributed by atoms with van der Waals surface area (Å²) in [5.41, 5.74) is 6.42. The number of nitrogens with one attached hydrogen (secondary N) is 2. The molecule has 19 heavy (non-hydrogen) atoms. The lowest BCUT2D eigenvalue weighted by Gasteiger charge is -2.11. The Labute approximate surface area is 119 Å². The Morgan fingerprint density at radius 2 is 1.95 bits per heavy atom. The molecule has 1 rings (SSSR count). The molecular formula is C11H18ClN3O3S. The number of nitrogens with two attached hydrogens (primary N) is 1. The summed E-state index contributed by atoms with van der Waals surface area (Å²) in [5, 5.41) is 2.55. The molecule has 4 N–H and O–H groups in total. The Balaban J connectivity index is 0.00000324. The van der Waals surface area contributed by atoms with E-state index >= 15 is 0 Å². The van der Waals surface area contributed by atoms with Gasteiger partial charge < -0.3 is 11.1 Å². The first-order valence-electron chi connectivity index (χ1n) is 5.38. The molecule has 0 aliphatic rings. The minimum Gasteiger partial charge on any atom is -0.325 e. The zero-order valence-corrected chi connectivity index (χ0v) is 12.6. The Kier molecular flexibility index (Phi) is 6.44. The van der Waals surface area contributed by atoms with Crippen LogP contribution in [0.15, 0.2) is 23.1 Å². The zero-order chi connectivity index (χ0) is 13.9. The van der Waals surface area contributed by atoms with Crippen LogP contribution >= 0.6 is 12.4 Å². The van der Waals surface area contributed by atoms with Crippen molar-refractivity contribution in [2.45, 2.75) is 24.8 Å². The fraction of sp³-hybridized carbons (Fsp3) is 0.364. The van der Waals surface area contributed by atoms with E-state index < -0.39 is 16.1 Å². The van der Waals surface area contributed by atoms with Gasteiger partial charge in [0.05, 0.1) is 10.9 Å². The maximum atomic E-state index is 11.7. The largest absolute Gasteiger partial charge is 0.325 e. The third-order valence-corrected chi connectivity index (χ3v) is 3.98. The highest BCUT2D eigenvalue weighted by atomic mass is 35.5. The van der Waals surface area contributed by atoms with E-state index in [1.54, 1.807) is 26.0 Å². The summed E-state index contributed by atoms with van der Waals surface area (Å²) >= 11 is 0. The molecule has 0 saturated carbocycles. The number of aryl methyl sites for hydroxylation is 1. The highest BCUT2D eigenvalue weighted by Gasteiger charge is 2.16. The molecule has 1 aromatic carbocycles. The lowest BCUT2D eigenvalue weighted by Crippen LogP contribution is -2.32. The van der Waals surface area contributed by atoms with Gasteiger partial charge in [0.25, 0.3) is 0 Å². The van der Waals surface area contributed by atoms with Crippen molar-refractivity contribution in [2.24, 2.45) is 5.73 Å². The third-order valence-electron chi connectivity index (χ3n) is 2.43. The molecule has 0 saturated heterocycles. The van der Waals surface area contributed by atoms with Crippen molar-refractivity contribution in [1.29, 1.82) is 0 Å². The Morgan fingerprint density at radius 1 is 1.37 bits per heavy atom. The highest BCUT2D eigenvalue weighted by Crippen LogP contribution is 2.19. The van der Waals surface area contributed by atoms with Crippen molar-refractivity contribution in [3.63, 3.8) is 0 Å². The fourth-order valence-corrected chi connectivity index (χ4v) is 2.33. The van der Waals surface area contributed by atoms with Gasteiger partial charge in [0.15, 0.2) is 0 Å². The molecular weight excluding hydrogens is 290 g/mol. The molecule has 0 aliphatic heterocycles. The summed E-state index contributed by atoms with van der Waals surface area (Å²) in [6.45, 7) is 3.23. The summed E-state index contributed by atoms with van der Waals surface area (Å²) in [6, 6.07) is 4.00. The van der Waals surface area contributed by atoms with Gasteiger partial charge in [-0.2, -0.15) is 0 Å². The molecule has 0 aromatic heterocycles. The summed E-state index contributed by atoms with van der Waals surface area (Å²) in [4.78, 5) is 11.6. The van der Waals surface area contributed by atoms with E-state index in [0.29, 0.717) is 11.3 Å². The number of amides is 1. The van der Waals surface area contributed by atoms with Crippen LogP contribution in [0.2, 0.25) is 0 Å². The highest BCUT2D eigenvalue weighted by molar-refractivity contribution is 7.89. The molecule has 0 heterocycles. The second-order valence-electron chi connectivity index (χ2n) is 3.97. The van der Waals surface area contributed by atoms with E-state index in [0.717, 1.165) is 0 Å². The maximum absolute atomic E-state index is 11.7. The zero-order valence-electron chi connectivity index (χ0n) is 10.9. The minimum atomic E-state index is -3.54.